The third-order valence-corrected chi connectivity index (χ3v) is 18.0. The first kappa shape index (κ1) is 60.6. The molecule has 0 aliphatic carbocycles. The number of nitrogen functional groups attached to an aromatic ring is 1. The molecule has 2 aromatic carbocycles. The van der Waals surface area contributed by atoms with Crippen molar-refractivity contribution < 1.29 is 43.0 Å². The third kappa shape index (κ3) is 13.5. The molecule has 0 saturated carbocycles. The molecule has 6 N–H and O–H groups in total. The number of thiophene rings is 3. The van der Waals surface area contributed by atoms with Crippen LogP contribution in [-0.2, 0) is 28.3 Å². The Kier molecular flexibility index (Phi) is 17.8. The average Bonchev–Trinajstić information content (AvgIpc) is 1.85. The molecule has 4 fully saturated rings. The summed E-state index contributed by atoms with van der Waals surface area (Å²) in [6, 6.07) is 17.2. The Bertz CT molecular complexity index is 4060. The summed E-state index contributed by atoms with van der Waals surface area (Å²) in [6.07, 6.45) is 3.13. The van der Waals surface area contributed by atoms with Gasteiger partial charge in [-0.05, 0) is 107 Å². The number of carboxylic acids is 1. The van der Waals surface area contributed by atoms with Gasteiger partial charge in [-0.3, -0.25) is 15.5 Å². The molecule has 4 aliphatic heterocycles. The second-order valence-electron chi connectivity index (χ2n) is 22.2. The maximum absolute atomic E-state index is 11.9. The number of fused-ring (bicyclic) bond motifs is 5. The zero-order valence-corrected chi connectivity index (χ0v) is 52.1. The molecule has 0 spiro atoms. The highest BCUT2D eigenvalue weighted by Gasteiger charge is 2.52. The van der Waals surface area contributed by atoms with Gasteiger partial charge in [0.1, 0.15) is 15.5 Å². The van der Waals surface area contributed by atoms with E-state index in [4.69, 9.17) is 72.3 Å². The molecule has 0 unspecified atom stereocenters. The van der Waals surface area contributed by atoms with E-state index in [2.05, 4.69) is 83.1 Å². The number of nitrogens with one attached hydrogen (secondary N) is 3. The number of aromatic nitrogens is 10. The minimum atomic E-state index is -0.966. The molecule has 4 aliphatic rings. The van der Waals surface area contributed by atoms with E-state index in [1.807, 2.05) is 80.5 Å². The van der Waals surface area contributed by atoms with Gasteiger partial charge in [0.05, 0.1) is 110 Å². The number of hydrogen-bond acceptors (Lipinski definition) is 23. The van der Waals surface area contributed by atoms with Crippen LogP contribution in [0.2, 0.25) is 10.6 Å². The number of carbonyl (C=O) groups is 2. The van der Waals surface area contributed by atoms with Crippen LogP contribution in [0.25, 0.3) is 63.8 Å². The summed E-state index contributed by atoms with van der Waals surface area (Å²) in [7, 11) is -0.337. The number of nitrogens with two attached hydrogens (primary N) is 1. The van der Waals surface area contributed by atoms with Crippen molar-refractivity contribution in [1.29, 1.82) is 0 Å². The Balaban J connectivity index is 0.000000120. The molecular weight excluding hydrogens is 1200 g/mol. The number of benzene rings is 2. The lowest BCUT2D eigenvalue weighted by Gasteiger charge is -2.32. The number of anilines is 5. The molecule has 30 heteroatoms. The van der Waals surface area contributed by atoms with Gasteiger partial charge in [-0.25, -0.2) is 29.5 Å². The molecule has 86 heavy (non-hydrogen) atoms. The first-order chi connectivity index (χ1) is 41.2. The normalized spacial score (nSPS) is 16.8. The zero-order valence-electron chi connectivity index (χ0n) is 48.1. The second-order valence-corrected chi connectivity index (χ2v) is 26.0. The van der Waals surface area contributed by atoms with Crippen molar-refractivity contribution in [2.24, 2.45) is 0 Å². The Hall–Kier alpha value is -7.12. The summed E-state index contributed by atoms with van der Waals surface area (Å²) < 4.78 is 36.2. The summed E-state index contributed by atoms with van der Waals surface area (Å²) in [6.45, 7) is 22.2. The smallest absolute Gasteiger partial charge is 0.477 e. The molecule has 8 aromatic heterocycles. The van der Waals surface area contributed by atoms with Crippen LogP contribution >= 0.6 is 57.2 Å². The van der Waals surface area contributed by atoms with Crippen molar-refractivity contribution in [3.05, 3.63) is 82.4 Å². The highest BCUT2D eigenvalue weighted by Crippen LogP contribution is 2.40. The quantitative estimate of drug-likeness (QED) is 0.0732. The topological polar surface area (TPSA) is 292 Å². The Morgan fingerprint density at radius 2 is 1.15 bits per heavy atom. The van der Waals surface area contributed by atoms with Crippen LogP contribution in [0.5, 0.6) is 0 Å². The number of ether oxygens (including phenoxy) is 4. The monoisotopic (exact) mass is 1270 g/mol. The Morgan fingerprint density at radius 1 is 0.663 bits per heavy atom. The average molecular weight is 1270 g/mol. The first-order valence-electron chi connectivity index (χ1n) is 27.6. The maximum atomic E-state index is 11.9. The van der Waals surface area contributed by atoms with Crippen LogP contribution in [-0.4, -0.2) is 170 Å². The van der Waals surface area contributed by atoms with E-state index >= 15 is 0 Å². The summed E-state index contributed by atoms with van der Waals surface area (Å²) in [5.41, 5.74) is 11.0. The molecule has 0 atom stereocenters. The maximum Gasteiger partial charge on any atom is 0.495 e. The fourth-order valence-electron chi connectivity index (χ4n) is 9.70. The fraction of sp³-hybridized carbons (Fsp3) is 0.393. The number of halogens is 2. The number of aromatic amines is 2. The van der Waals surface area contributed by atoms with Crippen molar-refractivity contribution in [2.75, 3.05) is 105 Å². The number of H-pyrrole nitrogens is 2. The molecular formula is C56H62BCl2N15O9S3. The van der Waals surface area contributed by atoms with Gasteiger partial charge in [0.2, 0.25) is 10.6 Å². The molecule has 0 bridgehead atoms. The minimum absolute atomic E-state index is 0.128. The van der Waals surface area contributed by atoms with Crippen molar-refractivity contribution in [3.8, 4) is 11.4 Å². The van der Waals surface area contributed by atoms with E-state index in [0.29, 0.717) is 80.4 Å². The number of carbonyl (C=O) groups excluding carboxylic acids is 1. The van der Waals surface area contributed by atoms with Crippen molar-refractivity contribution in [3.63, 3.8) is 0 Å². The van der Waals surface area contributed by atoms with Crippen molar-refractivity contribution in [2.45, 2.75) is 65.3 Å². The molecule has 4 saturated heterocycles. The number of carboxylic acid groups (broad SMARTS) is 1. The summed E-state index contributed by atoms with van der Waals surface area (Å²) in [4.78, 5) is 56.2. The Labute approximate surface area is 515 Å². The van der Waals surface area contributed by atoms with Crippen LogP contribution in [0.15, 0.2) is 67.0 Å². The van der Waals surface area contributed by atoms with Gasteiger partial charge in [0.15, 0.2) is 23.3 Å². The zero-order chi connectivity index (χ0) is 60.5. The minimum Gasteiger partial charge on any atom is -0.477 e. The summed E-state index contributed by atoms with van der Waals surface area (Å²) in [5.74, 6) is 2.13. The van der Waals surface area contributed by atoms with Crippen molar-refractivity contribution in [1.82, 2.24) is 50.3 Å². The van der Waals surface area contributed by atoms with Gasteiger partial charge in [-0.15, -0.1) is 34.0 Å². The van der Waals surface area contributed by atoms with E-state index in [-0.39, 0.29) is 33.8 Å². The highest BCUT2D eigenvalue weighted by atomic mass is 35.5. The van der Waals surface area contributed by atoms with Gasteiger partial charge in [0, 0.05) is 55.6 Å². The van der Waals surface area contributed by atoms with Crippen LogP contribution in [0.4, 0.5) is 32.3 Å². The van der Waals surface area contributed by atoms with Crippen LogP contribution in [0.3, 0.4) is 0 Å². The molecule has 450 valence electrons. The number of morpholine rings is 3. The number of hydrogen-bond donors (Lipinski definition) is 5. The lowest BCUT2D eigenvalue weighted by molar-refractivity contribution is 0.00578. The van der Waals surface area contributed by atoms with E-state index in [0.717, 1.165) is 95.3 Å². The fourth-order valence-corrected chi connectivity index (χ4v) is 12.9. The van der Waals surface area contributed by atoms with Gasteiger partial charge in [-0.2, -0.15) is 20.2 Å². The number of aromatic carboxylic acids is 1. The van der Waals surface area contributed by atoms with Crippen LogP contribution in [0, 0.1) is 0 Å². The first-order valence-corrected chi connectivity index (χ1v) is 30.8. The van der Waals surface area contributed by atoms with Crippen LogP contribution < -0.4 is 31.2 Å². The molecule has 10 aromatic rings. The molecule has 14 rings (SSSR count). The van der Waals surface area contributed by atoms with Gasteiger partial charge >= 0.3 is 19.2 Å². The third-order valence-electron chi connectivity index (χ3n) is 14.5. The molecule has 24 nitrogen and oxygen atoms in total. The standard InChI is InChI=1S/C17H16N6OS.C15H19ClN4O3S.C13H17BN2O2.C11H10ClN3O3S/c18-14-8-13-15(25-14)17(23-4-6-24-7-5-23)21-16(20-13)10-2-1-3-12-11(10)9-19-22-12;1-15(2,3)23-14(21)18-10-8-9-11(24-10)12(19-13(16)17-9)20-4-6-22-7-5-20;1-12(2)13(3,4)18-14(17-12)10-6-5-7-11-9(10)8-15-16-11;12-11-13-6-5-7(10(16)17)19-8(6)9(14-11)15-1-3-18-4-2-15/h1-3,8-9H,4-7,18H2,(H,19,22);8H,4-7H2,1-3H3,(H,18,21);5-8H,1-4H3,(H,15,16);5H,1-4H2,(H,16,17). The lowest BCUT2D eigenvalue weighted by Crippen LogP contribution is -2.41. The number of rotatable bonds is 7. The molecule has 0 radical (unpaired) electrons. The van der Waals surface area contributed by atoms with E-state index in [1.165, 1.54) is 40.1 Å². The predicted molar refractivity (Wildman–Crippen MR) is 339 cm³/mol. The van der Waals surface area contributed by atoms with Crippen molar-refractivity contribution >= 4 is 162 Å². The largest absolute Gasteiger partial charge is 0.495 e. The molecule has 1 amide bonds. The lowest BCUT2D eigenvalue weighted by atomic mass is 9.77. The Morgan fingerprint density at radius 3 is 1.71 bits per heavy atom. The SMILES string of the molecule is CC(C)(C)OC(=O)Nc1cc2nc(Cl)nc(N3CCOCC3)c2s1.CC1(C)OB(c2cccc3[nH]ncc23)OC1(C)C.Nc1cc2nc(-c3cccc4[nH]ncc34)nc(N3CCOCC3)c2s1.O=C(O)c1cc2nc(Cl)nc(N3CCOCC3)c2s1. The summed E-state index contributed by atoms with van der Waals surface area (Å²) >= 11 is 16.1. The van der Waals surface area contributed by atoms with Gasteiger partial charge in [0.25, 0.3) is 0 Å². The van der Waals surface area contributed by atoms with Gasteiger partial charge < -0.3 is 53.8 Å². The van der Waals surface area contributed by atoms with E-state index in [1.54, 1.807) is 6.07 Å². The van der Waals surface area contributed by atoms with Gasteiger partial charge in [-0.1, -0.05) is 24.3 Å². The summed E-state index contributed by atoms with van der Waals surface area (Å²) in [5, 5.41) is 29.7. The number of nitrogens with zero attached hydrogens (tertiary/aromatic N) is 11. The second kappa shape index (κ2) is 25.3. The number of amides is 1. The molecule has 12 heterocycles. The predicted octanol–water partition coefficient (Wildman–Crippen LogP) is 9.92. The van der Waals surface area contributed by atoms with E-state index < -0.39 is 17.7 Å². The van der Waals surface area contributed by atoms with Crippen LogP contribution in [0.1, 0.15) is 58.1 Å². The van der Waals surface area contributed by atoms with E-state index in [9.17, 15) is 9.59 Å². The highest BCUT2D eigenvalue weighted by molar-refractivity contribution is 7.23.